The molecule has 0 N–H and O–H groups in total. The van der Waals surface area contributed by atoms with Crippen molar-refractivity contribution in [2.45, 2.75) is 37.6 Å². The van der Waals surface area contributed by atoms with Gasteiger partial charge in [-0.2, -0.15) is 4.98 Å². The lowest BCUT2D eigenvalue weighted by atomic mass is 10.0. The van der Waals surface area contributed by atoms with E-state index < -0.39 is 0 Å². The Kier molecular flexibility index (Phi) is 5.05. The van der Waals surface area contributed by atoms with Crippen molar-refractivity contribution in [1.29, 1.82) is 0 Å². The Morgan fingerprint density at radius 3 is 2.65 bits per heavy atom. The first-order valence-corrected chi connectivity index (χ1v) is 10.4. The number of amides is 1. The number of likely N-dealkylation sites (tertiary alicyclic amines) is 1. The van der Waals surface area contributed by atoms with Crippen LogP contribution in [0.4, 0.5) is 0 Å². The zero-order chi connectivity index (χ0) is 21.4. The number of ether oxygens (including phenoxy) is 2. The molecule has 2 aliphatic rings. The van der Waals surface area contributed by atoms with Crippen molar-refractivity contribution in [3.05, 3.63) is 35.8 Å². The molecule has 2 fully saturated rings. The van der Waals surface area contributed by atoms with E-state index in [2.05, 4.69) is 20.5 Å². The molecule has 3 aromatic rings. The highest BCUT2D eigenvalue weighted by atomic mass is 16.5. The van der Waals surface area contributed by atoms with E-state index >= 15 is 0 Å². The lowest BCUT2D eigenvalue weighted by Crippen LogP contribution is -2.39. The molecule has 31 heavy (non-hydrogen) atoms. The molecule has 0 spiro atoms. The minimum atomic E-state index is -0.0457. The molecular weight excluding hydrogens is 400 g/mol. The quantitative estimate of drug-likeness (QED) is 0.594. The second kappa shape index (κ2) is 8.01. The van der Waals surface area contributed by atoms with Crippen molar-refractivity contribution >= 4 is 5.91 Å². The second-order valence-corrected chi connectivity index (χ2v) is 7.91. The van der Waals surface area contributed by atoms with E-state index in [1.54, 1.807) is 32.4 Å². The summed E-state index contributed by atoms with van der Waals surface area (Å²) in [5.74, 6) is 2.71. The van der Waals surface area contributed by atoms with E-state index in [0.717, 1.165) is 31.5 Å². The molecule has 1 saturated heterocycles. The molecule has 1 aliphatic heterocycles. The van der Waals surface area contributed by atoms with Gasteiger partial charge in [-0.15, -0.1) is 5.10 Å². The fourth-order valence-electron chi connectivity index (χ4n) is 3.88. The number of nitrogens with zero attached hydrogens (tertiary/aromatic N) is 6. The SMILES string of the molecule is COc1ccc(C(=O)N2CCC(n3cc(-c4nc(C5CC5)no4)nn3)CC2)c(OC)c1. The van der Waals surface area contributed by atoms with Crippen LogP contribution in [0.1, 0.15) is 53.8 Å². The summed E-state index contributed by atoms with van der Waals surface area (Å²) >= 11 is 0. The lowest BCUT2D eigenvalue weighted by Gasteiger charge is -2.32. The van der Waals surface area contributed by atoms with Gasteiger partial charge in [0.2, 0.25) is 0 Å². The van der Waals surface area contributed by atoms with Gasteiger partial charge in [0.25, 0.3) is 11.8 Å². The van der Waals surface area contributed by atoms with Crippen LogP contribution in [0, 0.1) is 0 Å². The Morgan fingerprint density at radius 1 is 1.13 bits per heavy atom. The van der Waals surface area contributed by atoms with Crippen LogP contribution in [0.2, 0.25) is 0 Å². The van der Waals surface area contributed by atoms with E-state index in [9.17, 15) is 4.79 Å². The van der Waals surface area contributed by atoms with Crippen LogP contribution in [0.3, 0.4) is 0 Å². The van der Waals surface area contributed by atoms with Gasteiger partial charge < -0.3 is 18.9 Å². The molecular formula is C21H24N6O4. The van der Waals surface area contributed by atoms with Crippen molar-refractivity contribution in [2.75, 3.05) is 27.3 Å². The van der Waals surface area contributed by atoms with Crippen LogP contribution in [-0.2, 0) is 0 Å². The fraction of sp³-hybridized carbons (Fsp3) is 0.476. The third kappa shape index (κ3) is 3.85. The van der Waals surface area contributed by atoms with Crippen molar-refractivity contribution in [1.82, 2.24) is 30.0 Å². The van der Waals surface area contributed by atoms with Crippen molar-refractivity contribution < 1.29 is 18.8 Å². The van der Waals surface area contributed by atoms with Gasteiger partial charge in [0.15, 0.2) is 11.5 Å². The summed E-state index contributed by atoms with van der Waals surface area (Å²) in [6, 6.07) is 5.40. The number of methoxy groups -OCH3 is 2. The van der Waals surface area contributed by atoms with E-state index in [1.165, 1.54) is 0 Å². The van der Waals surface area contributed by atoms with Crippen molar-refractivity contribution in [3.8, 4) is 23.1 Å². The first-order chi connectivity index (χ1) is 15.2. The van der Waals surface area contributed by atoms with E-state index in [4.69, 9.17) is 14.0 Å². The smallest absolute Gasteiger partial charge is 0.280 e. The van der Waals surface area contributed by atoms with E-state index in [0.29, 0.717) is 47.7 Å². The molecule has 0 bridgehead atoms. The zero-order valence-corrected chi connectivity index (χ0v) is 17.5. The molecule has 0 radical (unpaired) electrons. The Labute approximate surface area is 179 Å². The number of hydrogen-bond acceptors (Lipinski definition) is 8. The number of carbonyl (C=O) groups excluding carboxylic acids is 1. The Bertz CT molecular complexity index is 1080. The number of carbonyl (C=O) groups is 1. The minimum absolute atomic E-state index is 0.0457. The van der Waals surface area contributed by atoms with Crippen LogP contribution in [-0.4, -0.2) is 63.3 Å². The summed E-state index contributed by atoms with van der Waals surface area (Å²) in [6.45, 7) is 1.25. The summed E-state index contributed by atoms with van der Waals surface area (Å²) in [7, 11) is 3.14. The first kappa shape index (κ1) is 19.5. The number of hydrogen-bond donors (Lipinski definition) is 0. The molecule has 10 heteroatoms. The van der Waals surface area contributed by atoms with Crippen molar-refractivity contribution in [3.63, 3.8) is 0 Å². The molecule has 1 aliphatic carbocycles. The third-order valence-electron chi connectivity index (χ3n) is 5.88. The normalized spacial score (nSPS) is 17.0. The summed E-state index contributed by atoms with van der Waals surface area (Å²) in [6.07, 6.45) is 5.64. The number of aromatic nitrogens is 5. The Balaban J connectivity index is 1.23. The van der Waals surface area contributed by atoms with Crippen LogP contribution < -0.4 is 9.47 Å². The molecule has 2 aromatic heterocycles. The summed E-state index contributed by atoms with van der Waals surface area (Å²) < 4.78 is 17.8. The molecule has 0 atom stereocenters. The predicted molar refractivity (Wildman–Crippen MR) is 109 cm³/mol. The molecule has 5 rings (SSSR count). The Morgan fingerprint density at radius 2 is 1.94 bits per heavy atom. The van der Waals surface area contributed by atoms with Gasteiger partial charge in [0.1, 0.15) is 11.5 Å². The standard InChI is InChI=1S/C21H24N6O4/c1-29-15-5-6-16(18(11-15)30-2)21(28)26-9-7-14(8-10-26)27-12-17(23-25-27)20-22-19(24-31-20)13-3-4-13/h5-6,11-14H,3-4,7-10H2,1-2H3. The molecule has 0 unspecified atom stereocenters. The maximum absolute atomic E-state index is 13.0. The van der Waals surface area contributed by atoms with Gasteiger partial charge in [-0.05, 0) is 37.8 Å². The van der Waals surface area contributed by atoms with Gasteiger partial charge in [-0.25, -0.2) is 4.68 Å². The van der Waals surface area contributed by atoms with Crippen molar-refractivity contribution in [2.24, 2.45) is 0 Å². The van der Waals surface area contributed by atoms with Gasteiger partial charge in [-0.3, -0.25) is 4.79 Å². The van der Waals surface area contributed by atoms with Gasteiger partial charge in [0.05, 0.1) is 32.0 Å². The van der Waals surface area contributed by atoms with Crippen LogP contribution in [0.5, 0.6) is 11.5 Å². The van der Waals surface area contributed by atoms with Crippen LogP contribution in [0.15, 0.2) is 28.9 Å². The van der Waals surface area contributed by atoms with Crippen LogP contribution in [0.25, 0.3) is 11.6 Å². The third-order valence-corrected chi connectivity index (χ3v) is 5.88. The van der Waals surface area contributed by atoms with E-state index in [1.807, 2.05) is 15.8 Å². The molecule has 1 amide bonds. The second-order valence-electron chi connectivity index (χ2n) is 7.91. The molecule has 3 heterocycles. The average Bonchev–Trinajstić information content (AvgIpc) is 3.34. The zero-order valence-electron chi connectivity index (χ0n) is 17.5. The van der Waals surface area contributed by atoms with Gasteiger partial charge in [0, 0.05) is 25.1 Å². The van der Waals surface area contributed by atoms with Gasteiger partial charge in [-0.1, -0.05) is 10.4 Å². The van der Waals surface area contributed by atoms with E-state index in [-0.39, 0.29) is 11.9 Å². The van der Waals surface area contributed by atoms with Gasteiger partial charge >= 0.3 is 0 Å². The maximum atomic E-state index is 13.0. The monoisotopic (exact) mass is 424 g/mol. The topological polar surface area (TPSA) is 108 Å². The highest BCUT2D eigenvalue weighted by molar-refractivity contribution is 5.97. The highest BCUT2D eigenvalue weighted by Crippen LogP contribution is 2.38. The highest BCUT2D eigenvalue weighted by Gasteiger charge is 2.30. The predicted octanol–water partition coefficient (Wildman–Crippen LogP) is 2.70. The summed E-state index contributed by atoms with van der Waals surface area (Å²) in [4.78, 5) is 19.3. The molecule has 10 nitrogen and oxygen atoms in total. The molecule has 1 saturated carbocycles. The molecule has 1 aromatic carbocycles. The van der Waals surface area contributed by atoms with Crippen LogP contribution >= 0.6 is 0 Å². The Hall–Kier alpha value is -3.43. The number of benzene rings is 1. The summed E-state index contributed by atoms with van der Waals surface area (Å²) in [5, 5.41) is 12.5. The largest absolute Gasteiger partial charge is 0.497 e. The molecule has 162 valence electrons. The number of piperidine rings is 1. The fourth-order valence-corrected chi connectivity index (χ4v) is 3.88. The lowest BCUT2D eigenvalue weighted by molar-refractivity contribution is 0.0686. The maximum Gasteiger partial charge on any atom is 0.280 e. The summed E-state index contributed by atoms with van der Waals surface area (Å²) in [5.41, 5.74) is 1.12. The minimum Gasteiger partial charge on any atom is -0.497 e. The first-order valence-electron chi connectivity index (χ1n) is 10.4. The number of rotatable bonds is 6. The average molecular weight is 424 g/mol.